The largest absolute Gasteiger partial charge is 0.374 e. The molecule has 1 atom stereocenters. The number of rotatable bonds is 7. The van der Waals surface area contributed by atoms with Crippen molar-refractivity contribution in [3.05, 3.63) is 0 Å². The second-order valence-electron chi connectivity index (χ2n) is 4.41. The van der Waals surface area contributed by atoms with E-state index >= 15 is 0 Å². The Kier molecular flexibility index (Phi) is 6.80. The molecule has 0 aromatic carbocycles. The van der Waals surface area contributed by atoms with E-state index in [1.807, 2.05) is 0 Å². The highest BCUT2D eigenvalue weighted by Crippen LogP contribution is 2.25. The average molecular weight is 266 g/mol. The SMILES string of the molecule is CC(C)CC1CN=C(NCCOCC(F)F)S1. The number of alkyl halides is 2. The van der Waals surface area contributed by atoms with Gasteiger partial charge in [-0.05, 0) is 12.3 Å². The minimum Gasteiger partial charge on any atom is -0.374 e. The van der Waals surface area contributed by atoms with Crippen LogP contribution in [0.5, 0.6) is 0 Å². The van der Waals surface area contributed by atoms with E-state index in [9.17, 15) is 8.78 Å². The lowest BCUT2D eigenvalue weighted by molar-refractivity contribution is 0.0197. The van der Waals surface area contributed by atoms with Gasteiger partial charge in [0.05, 0.1) is 13.2 Å². The number of thioether (sulfide) groups is 1. The van der Waals surface area contributed by atoms with E-state index in [2.05, 4.69) is 24.2 Å². The number of hydrogen-bond acceptors (Lipinski definition) is 4. The Labute approximate surface area is 105 Å². The molecule has 0 bridgehead atoms. The van der Waals surface area contributed by atoms with Crippen LogP contribution in [0, 0.1) is 5.92 Å². The lowest BCUT2D eigenvalue weighted by Gasteiger charge is -2.11. The van der Waals surface area contributed by atoms with Gasteiger partial charge < -0.3 is 10.1 Å². The van der Waals surface area contributed by atoms with Gasteiger partial charge in [-0.15, -0.1) is 0 Å². The number of nitrogens with zero attached hydrogens (tertiary/aromatic N) is 1. The summed E-state index contributed by atoms with van der Waals surface area (Å²) in [5, 5.41) is 4.57. The second kappa shape index (κ2) is 7.87. The van der Waals surface area contributed by atoms with Crippen molar-refractivity contribution in [2.24, 2.45) is 10.9 Å². The van der Waals surface area contributed by atoms with Gasteiger partial charge in [0.1, 0.15) is 6.61 Å². The molecule has 0 saturated heterocycles. The van der Waals surface area contributed by atoms with Crippen LogP contribution in [0.15, 0.2) is 4.99 Å². The predicted octanol–water partition coefficient (Wildman–Crippen LogP) is 2.38. The summed E-state index contributed by atoms with van der Waals surface area (Å²) in [6.45, 7) is 5.58. The van der Waals surface area contributed by atoms with Crippen molar-refractivity contribution in [1.82, 2.24) is 5.32 Å². The van der Waals surface area contributed by atoms with E-state index in [1.54, 1.807) is 11.8 Å². The predicted molar refractivity (Wildman–Crippen MR) is 68.0 cm³/mol. The van der Waals surface area contributed by atoms with E-state index in [0.717, 1.165) is 18.1 Å². The van der Waals surface area contributed by atoms with Gasteiger partial charge in [0.2, 0.25) is 0 Å². The number of amidine groups is 1. The maximum atomic E-state index is 11.8. The first kappa shape index (κ1) is 14.7. The number of aliphatic imine (C=N–C) groups is 1. The first-order valence-corrected chi connectivity index (χ1v) is 6.76. The lowest BCUT2D eigenvalue weighted by Crippen LogP contribution is -2.25. The molecule has 1 aliphatic rings. The number of nitrogens with one attached hydrogen (secondary N) is 1. The summed E-state index contributed by atoms with van der Waals surface area (Å²) >= 11 is 1.74. The Morgan fingerprint density at radius 2 is 2.29 bits per heavy atom. The Morgan fingerprint density at radius 1 is 1.53 bits per heavy atom. The fraction of sp³-hybridized carbons (Fsp3) is 0.909. The van der Waals surface area contributed by atoms with Crippen molar-refractivity contribution in [3.8, 4) is 0 Å². The van der Waals surface area contributed by atoms with Gasteiger partial charge in [-0.1, -0.05) is 25.6 Å². The quantitative estimate of drug-likeness (QED) is 0.718. The third-order valence-corrected chi connectivity index (χ3v) is 3.39. The van der Waals surface area contributed by atoms with Crippen LogP contribution < -0.4 is 5.32 Å². The summed E-state index contributed by atoms with van der Waals surface area (Å²) in [6, 6.07) is 0. The first-order chi connectivity index (χ1) is 8.08. The molecular weight excluding hydrogens is 246 g/mol. The topological polar surface area (TPSA) is 33.6 Å². The first-order valence-electron chi connectivity index (χ1n) is 5.88. The molecule has 17 heavy (non-hydrogen) atoms. The van der Waals surface area contributed by atoms with E-state index < -0.39 is 13.0 Å². The smallest absolute Gasteiger partial charge is 0.261 e. The van der Waals surface area contributed by atoms with Crippen molar-refractivity contribution < 1.29 is 13.5 Å². The van der Waals surface area contributed by atoms with E-state index in [-0.39, 0.29) is 0 Å². The molecule has 3 nitrogen and oxygen atoms in total. The fourth-order valence-electron chi connectivity index (χ4n) is 1.57. The van der Waals surface area contributed by atoms with Gasteiger partial charge >= 0.3 is 0 Å². The third-order valence-electron chi connectivity index (χ3n) is 2.22. The Hall–Kier alpha value is -0.360. The van der Waals surface area contributed by atoms with Crippen LogP contribution in [-0.4, -0.2) is 43.1 Å². The molecule has 1 N–H and O–H groups in total. The molecule has 1 rings (SSSR count). The Balaban J connectivity index is 2.02. The number of ether oxygens (including phenoxy) is 1. The van der Waals surface area contributed by atoms with Crippen molar-refractivity contribution in [3.63, 3.8) is 0 Å². The minimum absolute atomic E-state index is 0.290. The van der Waals surface area contributed by atoms with Crippen molar-refractivity contribution in [2.75, 3.05) is 26.3 Å². The van der Waals surface area contributed by atoms with Crippen molar-refractivity contribution in [2.45, 2.75) is 31.9 Å². The number of hydrogen-bond donors (Lipinski definition) is 1. The zero-order valence-corrected chi connectivity index (χ0v) is 11.1. The van der Waals surface area contributed by atoms with Crippen molar-refractivity contribution >= 4 is 16.9 Å². The Bertz CT molecular complexity index is 250. The molecule has 0 amide bonds. The molecule has 100 valence electrons. The average Bonchev–Trinajstić information content (AvgIpc) is 2.63. The van der Waals surface area contributed by atoms with Crippen LogP contribution in [0.2, 0.25) is 0 Å². The highest BCUT2D eigenvalue weighted by Gasteiger charge is 2.19. The normalized spacial score (nSPS) is 20.1. The van der Waals surface area contributed by atoms with E-state index in [0.29, 0.717) is 24.3 Å². The standard InChI is InChI=1S/C11H20F2N2OS/c1-8(2)5-9-6-15-11(17-9)14-3-4-16-7-10(12)13/h8-10H,3-7H2,1-2H3,(H,14,15). The van der Waals surface area contributed by atoms with Crippen LogP contribution in [0.3, 0.4) is 0 Å². The maximum absolute atomic E-state index is 11.8. The molecule has 0 aromatic heterocycles. The van der Waals surface area contributed by atoms with Crippen LogP contribution in [0.1, 0.15) is 20.3 Å². The molecular formula is C11H20F2N2OS. The summed E-state index contributed by atoms with van der Waals surface area (Å²) in [6.07, 6.45) is -1.23. The van der Waals surface area contributed by atoms with Gasteiger partial charge in [0, 0.05) is 11.8 Å². The summed E-state index contributed by atoms with van der Waals surface area (Å²) < 4.78 is 28.3. The van der Waals surface area contributed by atoms with Gasteiger partial charge in [0.15, 0.2) is 5.17 Å². The highest BCUT2D eigenvalue weighted by molar-refractivity contribution is 8.14. The summed E-state index contributed by atoms with van der Waals surface area (Å²) in [5.41, 5.74) is 0. The van der Waals surface area contributed by atoms with E-state index in [1.165, 1.54) is 0 Å². The monoisotopic (exact) mass is 266 g/mol. The van der Waals surface area contributed by atoms with Gasteiger partial charge in [-0.3, -0.25) is 4.99 Å². The molecule has 0 aliphatic carbocycles. The van der Waals surface area contributed by atoms with Crippen molar-refractivity contribution in [1.29, 1.82) is 0 Å². The third kappa shape index (κ3) is 6.83. The van der Waals surface area contributed by atoms with E-state index in [4.69, 9.17) is 4.74 Å². The molecule has 1 heterocycles. The van der Waals surface area contributed by atoms with Crippen LogP contribution in [0.4, 0.5) is 8.78 Å². The zero-order valence-electron chi connectivity index (χ0n) is 10.3. The Morgan fingerprint density at radius 3 is 2.94 bits per heavy atom. The van der Waals surface area contributed by atoms with Gasteiger partial charge in [-0.2, -0.15) is 0 Å². The maximum Gasteiger partial charge on any atom is 0.261 e. The summed E-state index contributed by atoms with van der Waals surface area (Å²) in [7, 11) is 0. The summed E-state index contributed by atoms with van der Waals surface area (Å²) in [4.78, 5) is 4.37. The van der Waals surface area contributed by atoms with Crippen LogP contribution in [-0.2, 0) is 4.74 Å². The fourth-order valence-corrected chi connectivity index (χ4v) is 2.85. The lowest BCUT2D eigenvalue weighted by atomic mass is 10.1. The second-order valence-corrected chi connectivity index (χ2v) is 5.70. The van der Waals surface area contributed by atoms with Gasteiger partial charge in [0.25, 0.3) is 6.43 Å². The number of halogens is 2. The molecule has 1 aliphatic heterocycles. The molecule has 0 spiro atoms. The van der Waals surface area contributed by atoms with Crippen LogP contribution >= 0.6 is 11.8 Å². The zero-order chi connectivity index (χ0) is 12.7. The molecule has 0 aromatic rings. The van der Waals surface area contributed by atoms with Crippen LogP contribution in [0.25, 0.3) is 0 Å². The highest BCUT2D eigenvalue weighted by atomic mass is 32.2. The molecule has 0 saturated carbocycles. The minimum atomic E-state index is -2.39. The molecule has 0 fully saturated rings. The molecule has 0 radical (unpaired) electrons. The molecule has 6 heteroatoms. The molecule has 1 unspecified atom stereocenters. The van der Waals surface area contributed by atoms with Gasteiger partial charge in [-0.25, -0.2) is 8.78 Å². The summed E-state index contributed by atoms with van der Waals surface area (Å²) in [5.74, 6) is 0.677.